The van der Waals surface area contributed by atoms with Crippen molar-refractivity contribution >= 4 is 41.4 Å². The number of nitrogens with zero attached hydrogens (tertiary/aromatic N) is 6. The molecule has 0 atom stereocenters. The molecule has 166 valence electrons. The lowest BCUT2D eigenvalue weighted by molar-refractivity contribution is 0.436. The highest BCUT2D eigenvalue weighted by Gasteiger charge is 2.16. The van der Waals surface area contributed by atoms with Crippen molar-refractivity contribution in [3.63, 3.8) is 0 Å². The lowest BCUT2D eigenvalue weighted by atomic mass is 9.99. The Morgan fingerprint density at radius 3 is 2.71 bits per heavy atom. The highest BCUT2D eigenvalue weighted by molar-refractivity contribution is 14.0. The second kappa shape index (κ2) is 11.3. The van der Waals surface area contributed by atoms with E-state index < -0.39 is 0 Å². The molecule has 31 heavy (non-hydrogen) atoms. The first-order chi connectivity index (χ1) is 14.7. The summed E-state index contributed by atoms with van der Waals surface area (Å²) >= 11 is 0. The first-order valence-electron chi connectivity index (χ1n) is 10.7. The average molecular weight is 534 g/mol. The quantitative estimate of drug-likeness (QED) is 0.287. The summed E-state index contributed by atoms with van der Waals surface area (Å²) in [5.41, 5.74) is 1.93. The second-order valence-electron chi connectivity index (χ2n) is 7.79. The van der Waals surface area contributed by atoms with Crippen molar-refractivity contribution in [2.24, 2.45) is 10.9 Å². The van der Waals surface area contributed by atoms with Gasteiger partial charge in [-0.15, -0.1) is 34.2 Å². The van der Waals surface area contributed by atoms with Crippen molar-refractivity contribution in [3.05, 3.63) is 54.1 Å². The predicted octanol–water partition coefficient (Wildman–Crippen LogP) is 3.23. The van der Waals surface area contributed by atoms with Crippen LogP contribution >= 0.6 is 24.0 Å². The van der Waals surface area contributed by atoms with Gasteiger partial charge in [-0.1, -0.05) is 19.1 Å². The van der Waals surface area contributed by atoms with Gasteiger partial charge in [0.05, 0.1) is 13.1 Å². The summed E-state index contributed by atoms with van der Waals surface area (Å²) in [7, 11) is 0. The van der Waals surface area contributed by atoms with E-state index >= 15 is 0 Å². The molecule has 0 aromatic carbocycles. The maximum atomic E-state index is 4.70. The Kier molecular flexibility index (Phi) is 8.44. The number of hydrogen-bond donors (Lipinski definition) is 2. The first kappa shape index (κ1) is 23.2. The van der Waals surface area contributed by atoms with E-state index in [1.54, 1.807) is 0 Å². The zero-order valence-electron chi connectivity index (χ0n) is 18.2. The number of piperidine rings is 1. The average Bonchev–Trinajstić information content (AvgIpc) is 3.20. The third-order valence-electron chi connectivity index (χ3n) is 5.48. The van der Waals surface area contributed by atoms with E-state index in [2.05, 4.69) is 56.7 Å². The largest absolute Gasteiger partial charge is 0.357 e. The van der Waals surface area contributed by atoms with Crippen LogP contribution in [0.25, 0.3) is 5.65 Å². The van der Waals surface area contributed by atoms with Gasteiger partial charge in [0.1, 0.15) is 5.82 Å². The normalized spacial score (nSPS) is 15.0. The number of pyridine rings is 2. The maximum absolute atomic E-state index is 4.70. The fraction of sp³-hybridized carbons (Fsp3) is 0.455. The lowest BCUT2D eigenvalue weighted by Gasteiger charge is -2.31. The Balaban J connectivity index is 0.00000272. The van der Waals surface area contributed by atoms with Crippen LogP contribution in [0.5, 0.6) is 0 Å². The van der Waals surface area contributed by atoms with Crippen LogP contribution in [0.1, 0.15) is 38.1 Å². The molecule has 2 N–H and O–H groups in total. The van der Waals surface area contributed by atoms with Crippen LogP contribution < -0.4 is 15.5 Å². The van der Waals surface area contributed by atoms with Gasteiger partial charge in [0.15, 0.2) is 17.4 Å². The lowest BCUT2D eigenvalue weighted by Crippen LogP contribution is -2.37. The van der Waals surface area contributed by atoms with E-state index in [9.17, 15) is 0 Å². The Morgan fingerprint density at radius 2 is 1.97 bits per heavy atom. The molecule has 0 amide bonds. The van der Waals surface area contributed by atoms with Gasteiger partial charge in [0, 0.05) is 32.0 Å². The number of hydrogen-bond acceptors (Lipinski definition) is 5. The van der Waals surface area contributed by atoms with Crippen LogP contribution in [-0.2, 0) is 13.1 Å². The Hall–Kier alpha value is -2.43. The van der Waals surface area contributed by atoms with Gasteiger partial charge < -0.3 is 15.5 Å². The van der Waals surface area contributed by atoms with Gasteiger partial charge in [-0.3, -0.25) is 4.40 Å². The monoisotopic (exact) mass is 534 g/mol. The summed E-state index contributed by atoms with van der Waals surface area (Å²) in [4.78, 5) is 11.7. The minimum atomic E-state index is 0. The minimum absolute atomic E-state index is 0. The first-order valence-corrected chi connectivity index (χ1v) is 10.7. The van der Waals surface area contributed by atoms with Crippen LogP contribution in [0.15, 0.2) is 47.7 Å². The van der Waals surface area contributed by atoms with E-state index in [0.29, 0.717) is 13.1 Å². The van der Waals surface area contributed by atoms with E-state index in [-0.39, 0.29) is 24.0 Å². The number of aromatic nitrogens is 4. The zero-order chi connectivity index (χ0) is 20.8. The zero-order valence-corrected chi connectivity index (χ0v) is 20.5. The number of guanidine groups is 1. The maximum Gasteiger partial charge on any atom is 0.191 e. The minimum Gasteiger partial charge on any atom is -0.357 e. The summed E-state index contributed by atoms with van der Waals surface area (Å²) in [6.45, 7) is 8.47. The van der Waals surface area contributed by atoms with Crippen molar-refractivity contribution in [1.82, 2.24) is 30.2 Å². The van der Waals surface area contributed by atoms with Gasteiger partial charge in [0.25, 0.3) is 0 Å². The summed E-state index contributed by atoms with van der Waals surface area (Å²) in [5, 5.41) is 15.1. The molecule has 8 nitrogen and oxygen atoms in total. The van der Waals surface area contributed by atoms with Gasteiger partial charge in [-0.05, 0) is 49.4 Å². The number of halogens is 1. The molecule has 1 fully saturated rings. The number of anilines is 1. The van der Waals surface area contributed by atoms with Crippen molar-refractivity contribution in [1.29, 1.82) is 0 Å². The topological polar surface area (TPSA) is 82.7 Å². The molecular formula is C22H31IN8. The number of aliphatic imine (C=N–C) groups is 1. The Bertz CT molecular complexity index is 977. The Labute approximate surface area is 200 Å². The second-order valence-corrected chi connectivity index (χ2v) is 7.79. The molecule has 0 saturated carbocycles. The number of rotatable bonds is 6. The number of fused-ring (bicyclic) bond motifs is 1. The fourth-order valence-electron chi connectivity index (χ4n) is 3.62. The summed E-state index contributed by atoms with van der Waals surface area (Å²) in [6, 6.07) is 10.1. The predicted molar refractivity (Wildman–Crippen MR) is 135 cm³/mol. The molecule has 0 spiro atoms. The van der Waals surface area contributed by atoms with Crippen molar-refractivity contribution in [2.45, 2.75) is 39.8 Å². The van der Waals surface area contributed by atoms with Gasteiger partial charge >= 0.3 is 0 Å². The molecule has 1 saturated heterocycles. The summed E-state index contributed by atoms with van der Waals surface area (Å²) in [6.07, 6.45) is 6.39. The molecule has 3 aromatic rings. The smallest absolute Gasteiger partial charge is 0.191 e. The highest BCUT2D eigenvalue weighted by atomic mass is 127. The molecule has 9 heteroatoms. The van der Waals surface area contributed by atoms with E-state index in [4.69, 9.17) is 4.99 Å². The summed E-state index contributed by atoms with van der Waals surface area (Å²) in [5.74, 6) is 3.48. The fourth-order valence-corrected chi connectivity index (χ4v) is 3.62. The highest BCUT2D eigenvalue weighted by Crippen LogP contribution is 2.21. The molecule has 4 heterocycles. The molecule has 4 rings (SSSR count). The third-order valence-corrected chi connectivity index (χ3v) is 5.48. The van der Waals surface area contributed by atoms with Crippen LogP contribution in [0.2, 0.25) is 0 Å². The molecule has 0 radical (unpaired) electrons. The standard InChI is InChI=1S/C22H30N8.HI/c1-3-23-22(26-16-21-28-27-20-6-4-5-11-30(20)21)25-15-18-7-8-19(24-14-18)29-12-9-17(2)10-13-29;/h4-8,11,14,17H,3,9-10,12-13,15-16H2,1-2H3,(H2,23,25,26);1H. The molecule has 3 aromatic heterocycles. The molecular weight excluding hydrogens is 503 g/mol. The SMILES string of the molecule is CCNC(=NCc1ccc(N2CCC(C)CC2)nc1)NCc1nnc2ccccn12.I. The van der Waals surface area contributed by atoms with E-state index in [0.717, 1.165) is 54.4 Å². The van der Waals surface area contributed by atoms with Crippen molar-refractivity contribution in [2.75, 3.05) is 24.5 Å². The molecule has 1 aliphatic heterocycles. The summed E-state index contributed by atoms with van der Waals surface area (Å²) < 4.78 is 1.97. The molecule has 0 aliphatic carbocycles. The Morgan fingerprint density at radius 1 is 1.13 bits per heavy atom. The van der Waals surface area contributed by atoms with Crippen LogP contribution in [-0.4, -0.2) is 45.2 Å². The van der Waals surface area contributed by atoms with Gasteiger partial charge in [-0.2, -0.15) is 0 Å². The number of nitrogens with one attached hydrogen (secondary N) is 2. The molecule has 0 bridgehead atoms. The van der Waals surface area contributed by atoms with Crippen LogP contribution in [0.4, 0.5) is 5.82 Å². The molecule has 0 unspecified atom stereocenters. The van der Waals surface area contributed by atoms with E-state index in [1.807, 2.05) is 35.0 Å². The van der Waals surface area contributed by atoms with Gasteiger partial charge in [0.2, 0.25) is 0 Å². The van der Waals surface area contributed by atoms with Crippen LogP contribution in [0, 0.1) is 5.92 Å². The van der Waals surface area contributed by atoms with Gasteiger partial charge in [-0.25, -0.2) is 9.98 Å². The third kappa shape index (κ3) is 6.05. The molecule has 1 aliphatic rings. The van der Waals surface area contributed by atoms with Crippen molar-refractivity contribution < 1.29 is 0 Å². The van der Waals surface area contributed by atoms with Crippen LogP contribution in [0.3, 0.4) is 0 Å². The van der Waals surface area contributed by atoms with E-state index in [1.165, 1.54) is 12.8 Å². The van der Waals surface area contributed by atoms with Crippen molar-refractivity contribution in [3.8, 4) is 0 Å².